The van der Waals surface area contributed by atoms with Gasteiger partial charge < -0.3 is 5.11 Å². The molecule has 20 heavy (non-hydrogen) atoms. The minimum absolute atomic E-state index is 0.0290. The highest BCUT2D eigenvalue weighted by atomic mass is 16.3. The number of aliphatic hydroxyl groups is 1. The molecule has 0 aliphatic heterocycles. The monoisotopic (exact) mass is 278 g/mol. The third-order valence-electron chi connectivity index (χ3n) is 4.34. The summed E-state index contributed by atoms with van der Waals surface area (Å²) in [5, 5.41) is 9.27. The highest BCUT2D eigenvalue weighted by Gasteiger charge is 2.18. The summed E-state index contributed by atoms with van der Waals surface area (Å²) in [5.41, 5.74) is 0. The van der Waals surface area contributed by atoms with Crippen LogP contribution in [0.3, 0.4) is 0 Å². The summed E-state index contributed by atoms with van der Waals surface area (Å²) in [6.45, 7) is 7.37. The predicted molar refractivity (Wildman–Crippen MR) is 84.6 cm³/mol. The van der Waals surface area contributed by atoms with Crippen LogP contribution in [0.4, 0.5) is 0 Å². The van der Waals surface area contributed by atoms with E-state index < -0.39 is 0 Å². The van der Waals surface area contributed by atoms with Crippen molar-refractivity contribution in [1.29, 1.82) is 0 Å². The molecule has 114 valence electrons. The van der Waals surface area contributed by atoms with E-state index in [0.29, 0.717) is 17.6 Å². The zero-order valence-corrected chi connectivity index (χ0v) is 12.7. The molecule has 2 saturated carbocycles. The van der Waals surface area contributed by atoms with Crippen LogP contribution in [0.2, 0.25) is 0 Å². The van der Waals surface area contributed by atoms with Crippen molar-refractivity contribution in [2.75, 3.05) is 0 Å². The van der Waals surface area contributed by atoms with Gasteiger partial charge in [0.2, 0.25) is 0 Å². The van der Waals surface area contributed by atoms with E-state index in [4.69, 9.17) is 0 Å². The second-order valence-electron chi connectivity index (χ2n) is 6.24. The van der Waals surface area contributed by atoms with Gasteiger partial charge in [0, 0.05) is 12.8 Å². The van der Waals surface area contributed by atoms with Crippen molar-refractivity contribution in [1.82, 2.24) is 0 Å². The van der Waals surface area contributed by atoms with Gasteiger partial charge in [0.15, 0.2) is 0 Å². The fourth-order valence-electron chi connectivity index (χ4n) is 3.26. The maximum absolute atomic E-state index is 10.9. The van der Waals surface area contributed by atoms with Crippen LogP contribution in [0.5, 0.6) is 0 Å². The summed E-state index contributed by atoms with van der Waals surface area (Å²) in [5.74, 6) is 1.76. The van der Waals surface area contributed by atoms with Gasteiger partial charge in [-0.05, 0) is 56.8 Å². The van der Waals surface area contributed by atoms with E-state index in [0.717, 1.165) is 44.9 Å². The summed E-state index contributed by atoms with van der Waals surface area (Å²) >= 11 is 0. The van der Waals surface area contributed by atoms with E-state index in [9.17, 15) is 9.90 Å². The van der Waals surface area contributed by atoms with Crippen molar-refractivity contribution in [2.24, 2.45) is 11.8 Å². The van der Waals surface area contributed by atoms with Gasteiger partial charge in [-0.1, -0.05) is 18.6 Å². The lowest BCUT2D eigenvalue weighted by Crippen LogP contribution is -2.18. The quantitative estimate of drug-likeness (QED) is 0.772. The molecule has 2 rings (SSSR count). The largest absolute Gasteiger partial charge is 0.393 e. The van der Waals surface area contributed by atoms with Gasteiger partial charge >= 0.3 is 0 Å². The van der Waals surface area contributed by atoms with E-state index in [2.05, 4.69) is 13.2 Å². The van der Waals surface area contributed by atoms with Gasteiger partial charge in [0.25, 0.3) is 0 Å². The van der Waals surface area contributed by atoms with Crippen molar-refractivity contribution in [3.8, 4) is 0 Å². The average Bonchev–Trinajstić information content (AvgIpc) is 2.40. The molecule has 0 aromatic heterocycles. The molecule has 0 bridgehead atoms. The summed E-state index contributed by atoms with van der Waals surface area (Å²) in [4.78, 5) is 10.9. The van der Waals surface area contributed by atoms with Crippen LogP contribution in [0, 0.1) is 11.8 Å². The Labute approximate surface area is 124 Å². The summed E-state index contributed by atoms with van der Waals surface area (Å²) in [7, 11) is 0. The Balaban J connectivity index is 0.000000200. The van der Waals surface area contributed by atoms with Gasteiger partial charge in [-0.25, -0.2) is 0 Å². The molecule has 0 aromatic rings. The molecule has 0 heterocycles. The van der Waals surface area contributed by atoms with Gasteiger partial charge in [0.05, 0.1) is 6.10 Å². The first-order chi connectivity index (χ1) is 9.65. The molecule has 2 aliphatic carbocycles. The lowest BCUT2D eigenvalue weighted by atomic mass is 9.85. The van der Waals surface area contributed by atoms with Crippen molar-refractivity contribution in [3.05, 3.63) is 25.3 Å². The second-order valence-corrected chi connectivity index (χ2v) is 6.24. The molecule has 0 saturated heterocycles. The normalized spacial score (nSPS) is 30.1. The number of allylic oxidation sites excluding steroid dienone is 2. The van der Waals surface area contributed by atoms with Crippen molar-refractivity contribution in [3.63, 3.8) is 0 Å². The van der Waals surface area contributed by atoms with Crippen LogP contribution in [-0.4, -0.2) is 17.0 Å². The number of hydrogen-bond acceptors (Lipinski definition) is 2. The first kappa shape index (κ1) is 17.2. The predicted octanol–water partition coefficient (Wildman–Crippen LogP) is 4.44. The molecule has 0 radical (unpaired) electrons. The number of aliphatic hydroxyl groups excluding tert-OH is 1. The van der Waals surface area contributed by atoms with Crippen LogP contribution in [0.1, 0.15) is 64.2 Å². The zero-order valence-electron chi connectivity index (χ0n) is 12.7. The van der Waals surface area contributed by atoms with Crippen molar-refractivity contribution < 1.29 is 9.90 Å². The minimum Gasteiger partial charge on any atom is -0.393 e. The van der Waals surface area contributed by atoms with E-state index in [1.807, 2.05) is 12.2 Å². The molecule has 3 atom stereocenters. The third-order valence-corrected chi connectivity index (χ3v) is 4.34. The number of hydrogen-bond donors (Lipinski definition) is 1. The fraction of sp³-hybridized carbons (Fsp3) is 0.722. The van der Waals surface area contributed by atoms with Crippen LogP contribution in [0.15, 0.2) is 25.3 Å². The standard InChI is InChI=1S/C9H16O.C9H14O/c2*1-2-4-8-5-3-6-9(10)7-8/h2,8-10H,1,3-7H2;2,8H,1,3-7H2. The van der Waals surface area contributed by atoms with Crippen molar-refractivity contribution >= 4 is 5.78 Å². The lowest BCUT2D eigenvalue weighted by Gasteiger charge is -2.24. The topological polar surface area (TPSA) is 37.3 Å². The lowest BCUT2D eigenvalue weighted by molar-refractivity contribution is -0.121. The smallest absolute Gasteiger partial charge is 0.133 e. The average molecular weight is 278 g/mol. The Kier molecular flexibility index (Phi) is 8.52. The molecule has 3 unspecified atom stereocenters. The summed E-state index contributed by atoms with van der Waals surface area (Å²) in [6.07, 6.45) is 14.4. The van der Waals surface area contributed by atoms with E-state index in [1.165, 1.54) is 19.3 Å². The van der Waals surface area contributed by atoms with Crippen LogP contribution < -0.4 is 0 Å². The van der Waals surface area contributed by atoms with Crippen molar-refractivity contribution in [2.45, 2.75) is 70.3 Å². The molecule has 0 aromatic carbocycles. The van der Waals surface area contributed by atoms with Crippen LogP contribution >= 0.6 is 0 Å². The molecule has 2 heteroatoms. The Bertz CT molecular complexity index is 309. The van der Waals surface area contributed by atoms with E-state index in [1.54, 1.807) is 0 Å². The molecule has 2 fully saturated rings. The maximum atomic E-state index is 10.9. The molecule has 2 nitrogen and oxygen atoms in total. The minimum atomic E-state index is -0.0290. The molecular formula is C18H30O2. The fourth-order valence-corrected chi connectivity index (χ4v) is 3.26. The van der Waals surface area contributed by atoms with Crippen LogP contribution in [-0.2, 0) is 4.79 Å². The maximum Gasteiger partial charge on any atom is 0.133 e. The zero-order chi connectivity index (χ0) is 14.8. The van der Waals surface area contributed by atoms with Gasteiger partial charge in [-0.15, -0.1) is 13.2 Å². The van der Waals surface area contributed by atoms with E-state index in [-0.39, 0.29) is 6.10 Å². The Morgan fingerprint density at radius 3 is 2.30 bits per heavy atom. The molecular weight excluding hydrogens is 248 g/mol. The summed E-state index contributed by atoms with van der Waals surface area (Å²) in [6, 6.07) is 0. The molecule has 0 amide bonds. The second kappa shape index (κ2) is 9.93. The molecule has 2 aliphatic rings. The first-order valence-electron chi connectivity index (χ1n) is 8.07. The van der Waals surface area contributed by atoms with Crippen LogP contribution in [0.25, 0.3) is 0 Å². The van der Waals surface area contributed by atoms with E-state index >= 15 is 0 Å². The highest BCUT2D eigenvalue weighted by molar-refractivity contribution is 5.79. The van der Waals surface area contributed by atoms with Gasteiger partial charge in [-0.2, -0.15) is 0 Å². The number of Topliss-reactive ketones (excluding diaryl/α,β-unsaturated/α-hetero) is 1. The molecule has 0 spiro atoms. The SMILES string of the molecule is C=CCC1CCCC(=O)C1.C=CCC1CCCC(O)C1. The number of ketones is 1. The van der Waals surface area contributed by atoms with Gasteiger partial charge in [0.1, 0.15) is 5.78 Å². The Morgan fingerprint density at radius 1 is 1.05 bits per heavy atom. The van der Waals surface area contributed by atoms with Gasteiger partial charge in [-0.3, -0.25) is 4.79 Å². The third kappa shape index (κ3) is 7.04. The molecule has 1 N–H and O–H groups in total. The summed E-state index contributed by atoms with van der Waals surface area (Å²) < 4.78 is 0. The number of carbonyl (C=O) groups is 1. The number of carbonyl (C=O) groups excluding carboxylic acids is 1. The number of rotatable bonds is 4. The first-order valence-corrected chi connectivity index (χ1v) is 8.07. The highest BCUT2D eigenvalue weighted by Crippen LogP contribution is 2.26. The Hall–Kier alpha value is -0.890. The Morgan fingerprint density at radius 2 is 1.70 bits per heavy atom.